The molecule has 0 bridgehead atoms. The lowest BCUT2D eigenvalue weighted by Crippen LogP contribution is -2.47. The first-order chi connectivity index (χ1) is 29.4. The molecule has 5 aromatic rings. The number of aryl methyl sites for hydroxylation is 2. The number of ether oxygens (including phenoxy) is 2. The molecule has 0 unspecified atom stereocenters. The summed E-state index contributed by atoms with van der Waals surface area (Å²) in [5.74, 6) is -0.160. The van der Waals surface area contributed by atoms with Gasteiger partial charge in [0.25, 0.3) is 0 Å². The number of aromatic amines is 1. The van der Waals surface area contributed by atoms with E-state index < -0.39 is 24.2 Å². The molecule has 0 aliphatic carbocycles. The fourth-order valence-electron chi connectivity index (χ4n) is 7.72. The third-order valence-corrected chi connectivity index (χ3v) is 11.0. The van der Waals surface area contributed by atoms with Crippen LogP contribution in [0.4, 0.5) is 8.78 Å². The molecule has 13 nitrogen and oxygen atoms in total. The predicted molar refractivity (Wildman–Crippen MR) is 225 cm³/mol. The lowest BCUT2D eigenvalue weighted by atomic mass is 9.97. The number of hydrogen-bond acceptors (Lipinski definition) is 10. The molecule has 15 heteroatoms. The zero-order valence-electron chi connectivity index (χ0n) is 34.6. The van der Waals surface area contributed by atoms with Crippen LogP contribution in [0.2, 0.25) is 0 Å². The number of carboxylic acids is 1. The number of aliphatic carboxylic acids is 1. The maximum absolute atomic E-state index is 13.3. The molecule has 7 rings (SSSR count). The Balaban J connectivity index is 0.000000205. The lowest BCUT2D eigenvalue weighted by molar-refractivity contribution is -0.153. The molecule has 61 heavy (non-hydrogen) atoms. The number of benzene rings is 4. The first-order valence-electron chi connectivity index (χ1n) is 20.8. The second-order valence-corrected chi connectivity index (χ2v) is 15.8. The molecule has 5 atom stereocenters. The molecule has 1 aromatic heterocycles. The first kappa shape index (κ1) is 44.8. The molecule has 4 aromatic carbocycles. The van der Waals surface area contributed by atoms with Crippen molar-refractivity contribution < 1.29 is 43.2 Å². The number of carbonyl (C=O) groups excluding carboxylic acids is 1. The summed E-state index contributed by atoms with van der Waals surface area (Å²) in [6.45, 7) is 6.44. The van der Waals surface area contributed by atoms with E-state index in [2.05, 4.69) is 25.9 Å². The van der Waals surface area contributed by atoms with Crippen molar-refractivity contribution in [2.45, 2.75) is 103 Å². The summed E-state index contributed by atoms with van der Waals surface area (Å²) >= 11 is 0. The van der Waals surface area contributed by atoms with Gasteiger partial charge in [0.05, 0.1) is 0 Å². The minimum Gasteiger partial charge on any atom is -0.487 e. The van der Waals surface area contributed by atoms with Crippen LogP contribution in [0.25, 0.3) is 22.5 Å². The number of H-pyrrole nitrogens is 1. The number of nitrogens with one attached hydrogen (secondary N) is 2. The van der Waals surface area contributed by atoms with Gasteiger partial charge in [-0.25, -0.2) is 13.6 Å². The molecule has 0 spiro atoms. The van der Waals surface area contributed by atoms with Crippen LogP contribution in [0.3, 0.4) is 0 Å². The molecule has 3 heterocycles. The van der Waals surface area contributed by atoms with Crippen LogP contribution in [0.5, 0.6) is 11.5 Å². The number of fused-ring (bicyclic) bond motifs is 2. The molecular weight excluding hydrogens is 787 g/mol. The number of carboxylic acid groups (broad SMARTS) is 1. The second kappa shape index (κ2) is 21.2. The van der Waals surface area contributed by atoms with Crippen molar-refractivity contribution in [1.82, 2.24) is 30.8 Å². The van der Waals surface area contributed by atoms with Gasteiger partial charge in [-0.15, -0.1) is 10.2 Å². The molecule has 1 amide bonds. The zero-order valence-corrected chi connectivity index (χ0v) is 34.6. The van der Waals surface area contributed by atoms with E-state index in [4.69, 9.17) is 9.47 Å². The van der Waals surface area contributed by atoms with Crippen LogP contribution >= 0.6 is 0 Å². The quantitative estimate of drug-likeness (QED) is 0.0729. The number of hydrogen-bond donors (Lipinski definition) is 5. The van der Waals surface area contributed by atoms with Crippen LogP contribution in [0.15, 0.2) is 84.9 Å². The van der Waals surface area contributed by atoms with Gasteiger partial charge in [-0.05, 0) is 107 Å². The van der Waals surface area contributed by atoms with E-state index in [1.54, 1.807) is 12.1 Å². The van der Waals surface area contributed by atoms with Crippen LogP contribution in [0, 0.1) is 17.6 Å². The Morgan fingerprint density at radius 2 is 1.43 bits per heavy atom. The summed E-state index contributed by atoms with van der Waals surface area (Å²) in [6.07, 6.45) is 2.19. The molecule has 2 aliphatic rings. The third kappa shape index (κ3) is 11.7. The topological polar surface area (TPSA) is 183 Å². The van der Waals surface area contributed by atoms with E-state index in [1.807, 2.05) is 69.3 Å². The molecule has 324 valence electrons. The summed E-state index contributed by atoms with van der Waals surface area (Å²) in [7, 11) is 0. The predicted octanol–water partition coefficient (Wildman–Crippen LogP) is 6.53. The van der Waals surface area contributed by atoms with Crippen molar-refractivity contribution in [2.75, 3.05) is 13.1 Å². The number of aliphatic hydroxyl groups is 2. The van der Waals surface area contributed by atoms with Gasteiger partial charge >= 0.3 is 5.97 Å². The Kier molecular flexibility index (Phi) is 15.5. The van der Waals surface area contributed by atoms with Gasteiger partial charge < -0.3 is 35.0 Å². The molecule has 5 N–H and O–H groups in total. The summed E-state index contributed by atoms with van der Waals surface area (Å²) < 4.78 is 38.2. The number of tetrazole rings is 1. The third-order valence-electron chi connectivity index (χ3n) is 11.0. The van der Waals surface area contributed by atoms with Gasteiger partial charge in [0.15, 0.2) is 0 Å². The number of amides is 1. The Labute approximate surface area is 354 Å². The molecule has 0 saturated heterocycles. The van der Waals surface area contributed by atoms with Gasteiger partial charge in [-0.3, -0.25) is 4.79 Å². The number of halogens is 2. The largest absolute Gasteiger partial charge is 0.487 e. The summed E-state index contributed by atoms with van der Waals surface area (Å²) in [4.78, 5) is 26.3. The van der Waals surface area contributed by atoms with Crippen molar-refractivity contribution in [3.05, 3.63) is 113 Å². The van der Waals surface area contributed by atoms with E-state index in [0.717, 1.165) is 46.2 Å². The maximum atomic E-state index is 13.3. The summed E-state index contributed by atoms with van der Waals surface area (Å²) in [5.41, 5.74) is 5.29. The number of aliphatic hydroxyl groups excluding tert-OH is 2. The van der Waals surface area contributed by atoms with Gasteiger partial charge in [0.1, 0.15) is 53.6 Å². The monoisotopic (exact) mass is 840 g/mol. The van der Waals surface area contributed by atoms with Crippen LogP contribution in [-0.4, -0.2) is 96.3 Å². The van der Waals surface area contributed by atoms with Crippen molar-refractivity contribution in [2.24, 2.45) is 5.92 Å². The highest BCUT2D eigenvalue weighted by Crippen LogP contribution is 2.32. The fourth-order valence-corrected chi connectivity index (χ4v) is 7.72. The average molecular weight is 841 g/mol. The molecule has 0 saturated carbocycles. The maximum Gasteiger partial charge on any atom is 0.326 e. The van der Waals surface area contributed by atoms with Gasteiger partial charge in [-0.1, -0.05) is 75.7 Å². The fraction of sp³-hybridized carbons (Fsp3) is 0.413. The van der Waals surface area contributed by atoms with E-state index in [9.17, 15) is 33.7 Å². The van der Waals surface area contributed by atoms with E-state index in [-0.39, 0.29) is 55.3 Å². The van der Waals surface area contributed by atoms with Crippen molar-refractivity contribution in [1.29, 1.82) is 0 Å². The number of carbonyl (C=O) groups is 2. The first-order valence-corrected chi connectivity index (χ1v) is 20.8. The Hall–Kier alpha value is -5.77. The highest BCUT2D eigenvalue weighted by molar-refractivity contribution is 5.84. The highest BCUT2D eigenvalue weighted by atomic mass is 19.1. The van der Waals surface area contributed by atoms with Crippen molar-refractivity contribution >= 4 is 11.9 Å². The van der Waals surface area contributed by atoms with Crippen LogP contribution < -0.4 is 14.8 Å². The molecular formula is C46H54F2N6O7. The summed E-state index contributed by atoms with van der Waals surface area (Å²) in [5, 5.41) is 48.0. The second-order valence-electron chi connectivity index (χ2n) is 15.8. The van der Waals surface area contributed by atoms with Crippen LogP contribution in [0.1, 0.15) is 69.6 Å². The van der Waals surface area contributed by atoms with E-state index >= 15 is 0 Å². The van der Waals surface area contributed by atoms with E-state index in [1.165, 1.54) is 29.2 Å². The normalized spacial score (nSPS) is 17.0. The van der Waals surface area contributed by atoms with Crippen molar-refractivity contribution in [3.8, 4) is 34.0 Å². The Bertz CT molecular complexity index is 2140. The number of unbranched alkanes of at least 4 members (excludes halogenated alkanes) is 1. The number of rotatable bonds is 16. The van der Waals surface area contributed by atoms with Gasteiger partial charge in [-0.2, -0.15) is 5.21 Å². The van der Waals surface area contributed by atoms with Gasteiger partial charge in [0, 0.05) is 31.6 Å². The minimum atomic E-state index is -0.976. The van der Waals surface area contributed by atoms with Crippen molar-refractivity contribution in [3.63, 3.8) is 0 Å². The standard InChI is InChI=1S/C24H29N5O3.C22H25F2NO4/c1-4-5-10-21(30)29(22(16(2)3)24(31)32)15-17-11-13-18(14-12-17)19-8-6-7-9-20(19)23-25-27-28-26-23;23-15-3-7-19-13(9-15)1-5-21(28-19)17(26)11-25-12-18(27)22-6-2-14-10-16(24)4-8-20(14)29-22/h6-9,11-14,16,22H,4-5,10,15H2,1-3H3,(H,31,32)(H,25,26,27,28);3-4,7-10,17-18,21-22,25-27H,1-2,5-6,11-12H2/t22-;17-,18-,21-,22+/m00/s1. The lowest BCUT2D eigenvalue weighted by Gasteiger charge is -2.32. The van der Waals surface area contributed by atoms with E-state index in [0.29, 0.717) is 49.4 Å². The zero-order chi connectivity index (χ0) is 43.5. The summed E-state index contributed by atoms with van der Waals surface area (Å²) in [6, 6.07) is 23.5. The minimum absolute atomic E-state index is 0.125. The number of nitrogens with zero attached hydrogens (tertiary/aromatic N) is 4. The molecule has 2 aliphatic heterocycles. The molecule has 0 fully saturated rings. The number of aromatic nitrogens is 4. The Morgan fingerprint density at radius 1 is 0.852 bits per heavy atom. The van der Waals surface area contributed by atoms with Crippen LogP contribution in [-0.2, 0) is 29.0 Å². The van der Waals surface area contributed by atoms with Gasteiger partial charge in [0.2, 0.25) is 11.7 Å². The highest BCUT2D eigenvalue weighted by Gasteiger charge is 2.32. The molecule has 0 radical (unpaired) electrons. The average Bonchev–Trinajstić information content (AvgIpc) is 3.80. The SMILES string of the molecule is CCCCC(=O)N(Cc1ccc(-c2ccccc2-c2nn[nH]n2)cc1)[C@H](C(=O)O)C(C)C.O[C@@H](CNC[C@H](O)[C@H]1CCc2cc(F)ccc2O1)[C@@H]1CCc2cc(F)ccc2O1. The smallest absolute Gasteiger partial charge is 0.326 e. The Morgan fingerprint density at radius 3 is 1.93 bits per heavy atom.